The molecule has 2 unspecified atom stereocenters. The van der Waals surface area contributed by atoms with Crippen LogP contribution in [0.5, 0.6) is 0 Å². The average molecular weight is 550 g/mol. The zero-order valence-electron chi connectivity index (χ0n) is 19.4. The van der Waals surface area contributed by atoms with E-state index in [2.05, 4.69) is 100 Å². The van der Waals surface area contributed by atoms with Crippen LogP contribution in [-0.4, -0.2) is 20.0 Å². The number of hydrogen-bond donors (Lipinski definition) is 2. The van der Waals surface area contributed by atoms with Crippen molar-refractivity contribution in [3.05, 3.63) is 82.4 Å². The summed E-state index contributed by atoms with van der Waals surface area (Å²) in [5, 5.41) is 0. The van der Waals surface area contributed by atoms with Crippen molar-refractivity contribution in [2.75, 3.05) is 29.8 Å². The minimum absolute atomic E-state index is 0. The highest BCUT2D eigenvalue weighted by atomic mass is 79.9. The van der Waals surface area contributed by atoms with Crippen molar-refractivity contribution in [3.8, 4) is 0 Å². The monoisotopic (exact) mass is 548 g/mol. The smallest absolute Gasteiger partial charge is 0.215 e. The minimum Gasteiger partial charge on any atom is -1.00 e. The summed E-state index contributed by atoms with van der Waals surface area (Å²) < 4.78 is 0. The van der Waals surface area contributed by atoms with Crippen LogP contribution in [0.2, 0.25) is 0 Å². The van der Waals surface area contributed by atoms with E-state index in [4.69, 9.17) is 0 Å². The molecule has 31 heavy (non-hydrogen) atoms. The molecule has 2 aliphatic rings. The first kappa shape index (κ1) is 25.7. The fourth-order valence-electron chi connectivity index (χ4n) is 5.12. The molecule has 0 amide bonds. The van der Waals surface area contributed by atoms with Gasteiger partial charge >= 0.3 is 0 Å². The Hall–Kier alpha value is -1.60. The number of rotatable bonds is 4. The van der Waals surface area contributed by atoms with Gasteiger partial charge in [0.05, 0.1) is 23.8 Å². The molecule has 0 aromatic heterocycles. The van der Waals surface area contributed by atoms with Crippen LogP contribution < -0.4 is 53.6 Å². The molecule has 4 nitrogen and oxygen atoms in total. The van der Waals surface area contributed by atoms with E-state index in [1.54, 1.807) is 0 Å². The third-order valence-corrected chi connectivity index (χ3v) is 6.03. The first-order valence-electron chi connectivity index (χ1n) is 10.6. The predicted octanol–water partition coefficient (Wildman–Crippen LogP) is -3.53. The van der Waals surface area contributed by atoms with Gasteiger partial charge in [-0.1, -0.05) is 35.4 Å². The predicted molar refractivity (Wildman–Crippen MR) is 121 cm³/mol. The number of anilines is 2. The Labute approximate surface area is 208 Å². The zero-order chi connectivity index (χ0) is 20.7. The Morgan fingerprint density at radius 2 is 0.935 bits per heavy atom. The summed E-state index contributed by atoms with van der Waals surface area (Å²) in [6, 6.07) is 9.14. The van der Waals surface area contributed by atoms with Gasteiger partial charge in [-0.05, 0) is 63.8 Å². The molecule has 168 valence electrons. The van der Waals surface area contributed by atoms with Gasteiger partial charge in [-0.15, -0.1) is 0 Å². The maximum Gasteiger partial charge on any atom is 0.215 e. The van der Waals surface area contributed by atoms with Gasteiger partial charge in [0.15, 0.2) is 13.3 Å². The third kappa shape index (κ3) is 5.43. The Morgan fingerprint density at radius 1 is 0.613 bits per heavy atom. The van der Waals surface area contributed by atoms with Crippen LogP contribution in [0.3, 0.4) is 0 Å². The molecule has 2 heterocycles. The van der Waals surface area contributed by atoms with E-state index in [0.29, 0.717) is 0 Å². The molecule has 0 bridgehead atoms. The molecule has 2 atom stereocenters. The van der Waals surface area contributed by atoms with Crippen LogP contribution in [0.4, 0.5) is 11.4 Å². The van der Waals surface area contributed by atoms with E-state index >= 15 is 0 Å². The molecular weight excluding hydrogens is 516 g/mol. The SMILES string of the molecule is Cc1cc(C)c(N2C=C[NH+](C[NH+]3C=CN(c4c(C)cc(C)cc4C)C3)C2)c(C)c1.[Br-].[Br-]. The van der Waals surface area contributed by atoms with Gasteiger partial charge < -0.3 is 34.0 Å². The van der Waals surface area contributed by atoms with Crippen molar-refractivity contribution in [2.24, 2.45) is 0 Å². The van der Waals surface area contributed by atoms with Crippen molar-refractivity contribution >= 4 is 11.4 Å². The Morgan fingerprint density at radius 3 is 1.26 bits per heavy atom. The highest BCUT2D eigenvalue weighted by molar-refractivity contribution is 5.62. The molecule has 0 radical (unpaired) electrons. The maximum atomic E-state index is 2.41. The Kier molecular flexibility index (Phi) is 8.56. The van der Waals surface area contributed by atoms with Gasteiger partial charge in [0.1, 0.15) is 12.4 Å². The van der Waals surface area contributed by atoms with E-state index in [1.807, 2.05) is 0 Å². The number of nitrogens with zero attached hydrogens (tertiary/aromatic N) is 2. The third-order valence-electron chi connectivity index (χ3n) is 6.03. The summed E-state index contributed by atoms with van der Waals surface area (Å²) in [5.41, 5.74) is 10.8. The number of benzene rings is 2. The van der Waals surface area contributed by atoms with Gasteiger partial charge in [-0.25, -0.2) is 9.80 Å². The Balaban J connectivity index is 0.00000171. The zero-order valence-corrected chi connectivity index (χ0v) is 22.6. The van der Waals surface area contributed by atoms with Gasteiger partial charge in [-0.3, -0.25) is 9.80 Å². The number of nitrogens with one attached hydrogen (secondary N) is 2. The molecule has 2 aliphatic heterocycles. The van der Waals surface area contributed by atoms with E-state index < -0.39 is 0 Å². The average Bonchev–Trinajstić information content (AvgIpc) is 3.23. The largest absolute Gasteiger partial charge is 1.00 e. The lowest BCUT2D eigenvalue weighted by atomic mass is 10.0. The van der Waals surface area contributed by atoms with Crippen molar-refractivity contribution < 1.29 is 43.8 Å². The van der Waals surface area contributed by atoms with Crippen LogP contribution in [0.15, 0.2) is 49.1 Å². The molecule has 0 aliphatic carbocycles. The summed E-state index contributed by atoms with van der Waals surface area (Å²) in [7, 11) is 0. The summed E-state index contributed by atoms with van der Waals surface area (Å²) in [4.78, 5) is 7.79. The van der Waals surface area contributed by atoms with Crippen LogP contribution in [0.25, 0.3) is 0 Å². The lowest BCUT2D eigenvalue weighted by Gasteiger charge is -2.24. The molecule has 0 spiro atoms. The lowest BCUT2D eigenvalue weighted by molar-refractivity contribution is -1.03. The standard InChI is InChI=1S/C25H32N4.2BrH/c1-18-11-20(3)24(21(4)12-18)28-9-7-26(16-28)15-27-8-10-29(17-27)25-22(5)13-19(2)14-23(25)6;;/h7-14H,15-17H2,1-6H3;2*1H. The molecule has 0 fully saturated rings. The van der Waals surface area contributed by atoms with Gasteiger partial charge in [0.25, 0.3) is 0 Å². The first-order chi connectivity index (χ1) is 13.8. The van der Waals surface area contributed by atoms with Gasteiger partial charge in [-0.2, -0.15) is 0 Å². The molecule has 2 aromatic carbocycles. The molecule has 2 aromatic rings. The Bertz CT molecular complexity index is 874. The van der Waals surface area contributed by atoms with Crippen molar-refractivity contribution in [3.63, 3.8) is 0 Å². The normalized spacial score (nSPS) is 19.5. The first-order valence-corrected chi connectivity index (χ1v) is 10.6. The summed E-state index contributed by atoms with van der Waals surface area (Å²) >= 11 is 0. The number of halogens is 2. The second-order valence-corrected chi connectivity index (χ2v) is 8.88. The van der Waals surface area contributed by atoms with Gasteiger partial charge in [0.2, 0.25) is 6.67 Å². The lowest BCUT2D eigenvalue weighted by Crippen LogP contribution is -3.27. The van der Waals surface area contributed by atoms with Crippen molar-refractivity contribution in [1.29, 1.82) is 0 Å². The van der Waals surface area contributed by atoms with Crippen molar-refractivity contribution in [2.45, 2.75) is 41.5 Å². The molecule has 0 saturated carbocycles. The maximum absolute atomic E-state index is 2.41. The van der Waals surface area contributed by atoms with Crippen LogP contribution >= 0.6 is 0 Å². The number of quaternary nitrogens is 2. The molecule has 2 N–H and O–H groups in total. The second-order valence-electron chi connectivity index (χ2n) is 8.88. The van der Waals surface area contributed by atoms with Crippen LogP contribution in [0.1, 0.15) is 33.4 Å². The van der Waals surface area contributed by atoms with E-state index in [9.17, 15) is 0 Å². The van der Waals surface area contributed by atoms with E-state index in [1.165, 1.54) is 54.6 Å². The van der Waals surface area contributed by atoms with Crippen LogP contribution in [0, 0.1) is 41.5 Å². The topological polar surface area (TPSA) is 15.4 Å². The summed E-state index contributed by atoms with van der Waals surface area (Å²) in [6.07, 6.45) is 9.13. The number of aryl methyl sites for hydroxylation is 6. The quantitative estimate of drug-likeness (QED) is 0.411. The fourth-order valence-corrected chi connectivity index (χ4v) is 5.12. The molecular formula is C25H34Br2N4. The molecule has 4 rings (SSSR count). The van der Waals surface area contributed by atoms with Crippen LogP contribution in [-0.2, 0) is 0 Å². The van der Waals surface area contributed by atoms with Crippen molar-refractivity contribution in [1.82, 2.24) is 0 Å². The number of hydrogen-bond acceptors (Lipinski definition) is 2. The highest BCUT2D eigenvalue weighted by Gasteiger charge is 2.28. The van der Waals surface area contributed by atoms with E-state index in [0.717, 1.165) is 20.0 Å². The summed E-state index contributed by atoms with van der Waals surface area (Å²) in [6.45, 7) is 16.3. The molecule has 6 heteroatoms. The highest BCUT2D eigenvalue weighted by Crippen LogP contribution is 2.27. The van der Waals surface area contributed by atoms with Gasteiger partial charge in [0, 0.05) is 0 Å². The minimum atomic E-state index is 0. The molecule has 0 saturated heterocycles. The van der Waals surface area contributed by atoms with E-state index in [-0.39, 0.29) is 34.0 Å². The second kappa shape index (κ2) is 10.3. The fraction of sp³-hybridized carbons (Fsp3) is 0.360. The summed E-state index contributed by atoms with van der Waals surface area (Å²) in [5.74, 6) is 0.